The molecule has 0 spiro atoms. The molecule has 0 aliphatic rings. The SMILES string of the molecule is Cc1ccc(C(O)CS(=O)(=O)c2ccccc2F)cc1C. The van der Waals surface area contributed by atoms with Gasteiger partial charge in [-0.2, -0.15) is 0 Å². The molecule has 112 valence electrons. The lowest BCUT2D eigenvalue weighted by molar-refractivity contribution is 0.201. The van der Waals surface area contributed by atoms with Crippen molar-refractivity contribution in [1.82, 2.24) is 0 Å². The Balaban J connectivity index is 2.28. The third-order valence-electron chi connectivity index (χ3n) is 3.46. The number of aliphatic hydroxyl groups excluding tert-OH is 1. The maximum absolute atomic E-state index is 13.6. The minimum Gasteiger partial charge on any atom is -0.387 e. The summed E-state index contributed by atoms with van der Waals surface area (Å²) in [6, 6.07) is 10.4. The zero-order valence-corrected chi connectivity index (χ0v) is 12.7. The second kappa shape index (κ2) is 5.95. The third-order valence-corrected chi connectivity index (χ3v) is 5.22. The molecule has 2 rings (SSSR count). The van der Waals surface area contributed by atoms with Crippen molar-refractivity contribution < 1.29 is 17.9 Å². The molecule has 2 aromatic rings. The van der Waals surface area contributed by atoms with Gasteiger partial charge in [-0.15, -0.1) is 0 Å². The Labute approximate surface area is 124 Å². The first-order valence-corrected chi connectivity index (χ1v) is 8.19. The number of hydrogen-bond acceptors (Lipinski definition) is 3. The second-order valence-electron chi connectivity index (χ2n) is 5.07. The molecule has 0 saturated heterocycles. The van der Waals surface area contributed by atoms with Gasteiger partial charge < -0.3 is 5.11 Å². The Kier molecular flexibility index (Phi) is 4.44. The molecule has 1 N–H and O–H groups in total. The van der Waals surface area contributed by atoms with E-state index in [1.807, 2.05) is 19.9 Å². The number of sulfone groups is 1. The van der Waals surface area contributed by atoms with Crippen LogP contribution in [-0.4, -0.2) is 19.3 Å². The predicted octanol–water partition coefficient (Wildman–Crippen LogP) is 2.95. The van der Waals surface area contributed by atoms with Gasteiger partial charge in [0, 0.05) is 0 Å². The number of halogens is 1. The number of aryl methyl sites for hydroxylation is 2. The topological polar surface area (TPSA) is 54.4 Å². The van der Waals surface area contributed by atoms with Crippen LogP contribution in [0, 0.1) is 19.7 Å². The minimum absolute atomic E-state index is 0.382. The van der Waals surface area contributed by atoms with Crippen molar-refractivity contribution in [2.45, 2.75) is 24.8 Å². The van der Waals surface area contributed by atoms with Gasteiger partial charge in [-0.25, -0.2) is 12.8 Å². The average molecular weight is 308 g/mol. The largest absolute Gasteiger partial charge is 0.387 e. The molecular formula is C16H17FO3S. The molecule has 0 amide bonds. The van der Waals surface area contributed by atoms with Gasteiger partial charge in [-0.3, -0.25) is 0 Å². The van der Waals surface area contributed by atoms with E-state index in [0.29, 0.717) is 5.56 Å². The summed E-state index contributed by atoms with van der Waals surface area (Å²) in [4.78, 5) is -0.382. The Bertz CT molecular complexity index is 754. The van der Waals surface area contributed by atoms with Gasteiger partial charge in [0.25, 0.3) is 0 Å². The quantitative estimate of drug-likeness (QED) is 0.945. The maximum atomic E-state index is 13.6. The van der Waals surface area contributed by atoms with Crippen LogP contribution in [0.1, 0.15) is 22.8 Å². The summed E-state index contributed by atoms with van der Waals surface area (Å²) >= 11 is 0. The molecule has 2 aromatic carbocycles. The highest BCUT2D eigenvalue weighted by molar-refractivity contribution is 7.91. The van der Waals surface area contributed by atoms with Crippen molar-refractivity contribution in [3.05, 3.63) is 65.0 Å². The predicted molar refractivity (Wildman–Crippen MR) is 79.3 cm³/mol. The highest BCUT2D eigenvalue weighted by Gasteiger charge is 2.23. The molecule has 3 nitrogen and oxygen atoms in total. The normalized spacial score (nSPS) is 13.1. The number of aliphatic hydroxyl groups is 1. The molecule has 0 bridgehead atoms. The Morgan fingerprint density at radius 2 is 1.76 bits per heavy atom. The van der Waals surface area contributed by atoms with E-state index in [4.69, 9.17) is 0 Å². The molecule has 0 heterocycles. The van der Waals surface area contributed by atoms with Gasteiger partial charge in [0.1, 0.15) is 10.7 Å². The molecule has 5 heteroatoms. The molecule has 0 aromatic heterocycles. The molecule has 0 aliphatic heterocycles. The van der Waals surface area contributed by atoms with E-state index in [2.05, 4.69) is 0 Å². The zero-order chi connectivity index (χ0) is 15.6. The molecular weight excluding hydrogens is 291 g/mol. The molecule has 0 fully saturated rings. The Morgan fingerprint density at radius 1 is 1.10 bits per heavy atom. The molecule has 0 aliphatic carbocycles. The van der Waals surface area contributed by atoms with E-state index >= 15 is 0 Å². The molecule has 0 saturated carbocycles. The van der Waals surface area contributed by atoms with E-state index in [-0.39, 0.29) is 4.90 Å². The van der Waals surface area contributed by atoms with Crippen molar-refractivity contribution in [1.29, 1.82) is 0 Å². The van der Waals surface area contributed by atoms with Gasteiger partial charge in [0.05, 0.1) is 11.9 Å². The lowest BCUT2D eigenvalue weighted by atomic mass is 10.0. The lowest BCUT2D eigenvalue weighted by Crippen LogP contribution is -2.16. The minimum atomic E-state index is -3.89. The first kappa shape index (κ1) is 15.7. The highest BCUT2D eigenvalue weighted by atomic mass is 32.2. The summed E-state index contributed by atoms with van der Waals surface area (Å²) < 4.78 is 38.0. The van der Waals surface area contributed by atoms with Crippen LogP contribution in [0.4, 0.5) is 4.39 Å². The fourth-order valence-corrected chi connectivity index (χ4v) is 3.50. The van der Waals surface area contributed by atoms with E-state index in [1.165, 1.54) is 18.2 Å². The number of hydrogen-bond donors (Lipinski definition) is 1. The third kappa shape index (κ3) is 3.49. The van der Waals surface area contributed by atoms with E-state index in [0.717, 1.165) is 17.2 Å². The van der Waals surface area contributed by atoms with Gasteiger partial charge in [-0.1, -0.05) is 30.3 Å². The Hall–Kier alpha value is -1.72. The van der Waals surface area contributed by atoms with Crippen LogP contribution in [0.25, 0.3) is 0 Å². The van der Waals surface area contributed by atoms with Crippen molar-refractivity contribution >= 4 is 9.84 Å². The zero-order valence-electron chi connectivity index (χ0n) is 11.9. The molecule has 1 unspecified atom stereocenters. The highest BCUT2D eigenvalue weighted by Crippen LogP contribution is 2.23. The van der Waals surface area contributed by atoms with Crippen molar-refractivity contribution in [2.24, 2.45) is 0 Å². The summed E-state index contributed by atoms with van der Waals surface area (Å²) in [5.41, 5.74) is 2.54. The maximum Gasteiger partial charge on any atom is 0.184 e. The fourth-order valence-electron chi connectivity index (χ4n) is 2.06. The van der Waals surface area contributed by atoms with Gasteiger partial charge >= 0.3 is 0 Å². The second-order valence-corrected chi connectivity index (χ2v) is 7.07. The Morgan fingerprint density at radius 3 is 2.38 bits per heavy atom. The first-order chi connectivity index (χ1) is 9.81. The van der Waals surface area contributed by atoms with Crippen molar-refractivity contribution in [3.63, 3.8) is 0 Å². The standard InChI is InChI=1S/C16H17FO3S/c1-11-7-8-13(9-12(11)2)15(18)10-21(19,20)16-6-4-3-5-14(16)17/h3-9,15,18H,10H2,1-2H3. The van der Waals surface area contributed by atoms with Crippen LogP contribution >= 0.6 is 0 Å². The lowest BCUT2D eigenvalue weighted by Gasteiger charge is -2.13. The van der Waals surface area contributed by atoms with Gasteiger partial charge in [0.2, 0.25) is 0 Å². The summed E-state index contributed by atoms with van der Waals surface area (Å²) in [7, 11) is -3.89. The molecule has 0 radical (unpaired) electrons. The smallest absolute Gasteiger partial charge is 0.184 e. The van der Waals surface area contributed by atoms with Crippen LogP contribution in [0.2, 0.25) is 0 Å². The van der Waals surface area contributed by atoms with Crippen LogP contribution in [0.15, 0.2) is 47.4 Å². The molecule has 1 atom stereocenters. The van der Waals surface area contributed by atoms with Crippen LogP contribution < -0.4 is 0 Å². The van der Waals surface area contributed by atoms with Gasteiger partial charge in [-0.05, 0) is 42.7 Å². The van der Waals surface area contributed by atoms with Crippen LogP contribution in [0.3, 0.4) is 0 Å². The van der Waals surface area contributed by atoms with Crippen LogP contribution in [0.5, 0.6) is 0 Å². The van der Waals surface area contributed by atoms with Crippen LogP contribution in [-0.2, 0) is 9.84 Å². The first-order valence-electron chi connectivity index (χ1n) is 6.54. The average Bonchev–Trinajstić information content (AvgIpc) is 2.41. The summed E-state index contributed by atoms with van der Waals surface area (Å²) in [6.07, 6.45) is -1.19. The fraction of sp³-hybridized carbons (Fsp3) is 0.250. The number of rotatable bonds is 4. The van der Waals surface area contributed by atoms with E-state index in [9.17, 15) is 17.9 Å². The van der Waals surface area contributed by atoms with Crippen molar-refractivity contribution in [2.75, 3.05) is 5.75 Å². The number of benzene rings is 2. The molecule has 21 heavy (non-hydrogen) atoms. The summed E-state index contributed by atoms with van der Waals surface area (Å²) in [5.74, 6) is -1.35. The van der Waals surface area contributed by atoms with Crippen molar-refractivity contribution in [3.8, 4) is 0 Å². The summed E-state index contributed by atoms with van der Waals surface area (Å²) in [5, 5.41) is 10.1. The van der Waals surface area contributed by atoms with E-state index < -0.39 is 27.5 Å². The van der Waals surface area contributed by atoms with Gasteiger partial charge in [0.15, 0.2) is 9.84 Å². The summed E-state index contributed by atoms with van der Waals surface area (Å²) in [6.45, 7) is 3.82. The van der Waals surface area contributed by atoms with E-state index in [1.54, 1.807) is 12.1 Å². The monoisotopic (exact) mass is 308 g/mol.